The van der Waals surface area contributed by atoms with E-state index in [1.165, 1.54) is 0 Å². The van der Waals surface area contributed by atoms with Crippen LogP contribution >= 0.6 is 0 Å². The van der Waals surface area contributed by atoms with Gasteiger partial charge < -0.3 is 10.1 Å². The minimum Gasteiger partial charge on any atom is -0.372 e. The monoisotopic (exact) mass is 255 g/mol. The van der Waals surface area contributed by atoms with Gasteiger partial charge in [0, 0.05) is 12.6 Å². The number of halogens is 3. The predicted octanol–water partition coefficient (Wildman–Crippen LogP) is 3.37. The van der Waals surface area contributed by atoms with E-state index >= 15 is 0 Å². The molecule has 1 atom stereocenters. The molecule has 0 bridgehead atoms. The van der Waals surface area contributed by atoms with Gasteiger partial charge in [-0.15, -0.1) is 0 Å². The molecule has 0 saturated carbocycles. The molecule has 0 aromatic carbocycles. The first-order valence-electron chi connectivity index (χ1n) is 6.23. The lowest BCUT2D eigenvalue weighted by Gasteiger charge is -2.18. The Bertz CT molecular complexity index is 183. The van der Waals surface area contributed by atoms with Crippen molar-refractivity contribution in [1.29, 1.82) is 0 Å². The van der Waals surface area contributed by atoms with E-state index in [9.17, 15) is 13.2 Å². The molecule has 0 aliphatic rings. The highest BCUT2D eigenvalue weighted by Crippen LogP contribution is 2.16. The number of hydrogen-bond acceptors (Lipinski definition) is 2. The lowest BCUT2D eigenvalue weighted by molar-refractivity contribution is -0.174. The molecule has 0 rings (SSSR count). The lowest BCUT2D eigenvalue weighted by atomic mass is 10.00. The van der Waals surface area contributed by atoms with E-state index in [1.54, 1.807) is 0 Å². The Kier molecular flexibility index (Phi) is 8.60. The summed E-state index contributed by atoms with van der Waals surface area (Å²) in [5.74, 6) is 0.399. The summed E-state index contributed by atoms with van der Waals surface area (Å²) in [4.78, 5) is 0. The Morgan fingerprint density at radius 1 is 1.18 bits per heavy atom. The summed E-state index contributed by atoms with van der Waals surface area (Å²) < 4.78 is 40.2. The fourth-order valence-corrected chi connectivity index (χ4v) is 1.60. The van der Waals surface area contributed by atoms with Crippen molar-refractivity contribution in [1.82, 2.24) is 5.32 Å². The standard InChI is InChI=1S/C12H24F3NO/c1-4-5-11(8-16-10(2)3)6-7-17-9-12(13,14)15/h10-11,16H,4-9H2,1-3H3. The molecule has 0 amide bonds. The quantitative estimate of drug-likeness (QED) is 0.638. The van der Waals surface area contributed by atoms with Crippen LogP contribution in [-0.2, 0) is 4.74 Å². The largest absolute Gasteiger partial charge is 0.411 e. The molecule has 0 aromatic heterocycles. The van der Waals surface area contributed by atoms with Gasteiger partial charge in [0.05, 0.1) is 0 Å². The molecule has 0 fully saturated rings. The Hall–Kier alpha value is -0.290. The molecule has 104 valence electrons. The van der Waals surface area contributed by atoms with Crippen LogP contribution in [0.3, 0.4) is 0 Å². The van der Waals surface area contributed by atoms with E-state index in [-0.39, 0.29) is 6.61 Å². The Balaban J connectivity index is 3.69. The van der Waals surface area contributed by atoms with Crippen molar-refractivity contribution in [3.8, 4) is 0 Å². The average molecular weight is 255 g/mol. The van der Waals surface area contributed by atoms with Crippen molar-refractivity contribution in [2.24, 2.45) is 5.92 Å². The predicted molar refractivity (Wildman–Crippen MR) is 63.0 cm³/mol. The number of nitrogens with one attached hydrogen (secondary N) is 1. The van der Waals surface area contributed by atoms with Crippen molar-refractivity contribution in [2.45, 2.75) is 52.3 Å². The van der Waals surface area contributed by atoms with Crippen LogP contribution in [0.15, 0.2) is 0 Å². The van der Waals surface area contributed by atoms with Crippen LogP contribution in [-0.4, -0.2) is 32.0 Å². The smallest absolute Gasteiger partial charge is 0.372 e. The maximum Gasteiger partial charge on any atom is 0.411 e. The highest BCUT2D eigenvalue weighted by Gasteiger charge is 2.27. The van der Waals surface area contributed by atoms with Gasteiger partial charge in [0.25, 0.3) is 0 Å². The van der Waals surface area contributed by atoms with E-state index in [4.69, 9.17) is 0 Å². The summed E-state index contributed by atoms with van der Waals surface area (Å²) >= 11 is 0. The van der Waals surface area contributed by atoms with Gasteiger partial charge in [-0.1, -0.05) is 27.2 Å². The van der Waals surface area contributed by atoms with Gasteiger partial charge in [-0.3, -0.25) is 0 Å². The molecule has 0 aliphatic heterocycles. The second-order valence-corrected chi connectivity index (χ2v) is 4.67. The van der Waals surface area contributed by atoms with Gasteiger partial charge in [0.15, 0.2) is 0 Å². The second-order valence-electron chi connectivity index (χ2n) is 4.67. The first kappa shape index (κ1) is 16.7. The molecule has 0 aromatic rings. The average Bonchev–Trinajstić information content (AvgIpc) is 2.19. The van der Waals surface area contributed by atoms with Crippen LogP contribution in [0, 0.1) is 5.92 Å². The Labute approximate surface area is 102 Å². The van der Waals surface area contributed by atoms with Gasteiger partial charge >= 0.3 is 6.18 Å². The fourth-order valence-electron chi connectivity index (χ4n) is 1.60. The van der Waals surface area contributed by atoms with Gasteiger partial charge in [0.1, 0.15) is 6.61 Å². The van der Waals surface area contributed by atoms with E-state index in [0.717, 1.165) is 19.4 Å². The van der Waals surface area contributed by atoms with Gasteiger partial charge in [-0.2, -0.15) is 13.2 Å². The zero-order chi connectivity index (χ0) is 13.3. The van der Waals surface area contributed by atoms with Crippen LogP contribution in [0.5, 0.6) is 0 Å². The molecule has 1 unspecified atom stereocenters. The van der Waals surface area contributed by atoms with Crippen LogP contribution < -0.4 is 5.32 Å². The Morgan fingerprint density at radius 3 is 2.29 bits per heavy atom. The third-order valence-electron chi connectivity index (χ3n) is 2.45. The number of ether oxygens (including phenoxy) is 1. The van der Waals surface area contributed by atoms with Gasteiger partial charge in [-0.25, -0.2) is 0 Å². The van der Waals surface area contributed by atoms with E-state index in [2.05, 4.69) is 30.8 Å². The molecule has 17 heavy (non-hydrogen) atoms. The molecule has 1 N–H and O–H groups in total. The number of hydrogen-bond donors (Lipinski definition) is 1. The molecule has 5 heteroatoms. The zero-order valence-corrected chi connectivity index (χ0v) is 10.9. The van der Waals surface area contributed by atoms with Crippen LogP contribution in [0.2, 0.25) is 0 Å². The fraction of sp³-hybridized carbons (Fsp3) is 1.00. The minimum absolute atomic E-state index is 0.184. The summed E-state index contributed by atoms with van der Waals surface area (Å²) in [6.07, 6.45) is -1.46. The van der Waals surface area contributed by atoms with Gasteiger partial charge in [0.2, 0.25) is 0 Å². The summed E-state index contributed by atoms with van der Waals surface area (Å²) in [7, 11) is 0. The van der Waals surface area contributed by atoms with Crippen LogP contribution in [0.1, 0.15) is 40.0 Å². The van der Waals surface area contributed by atoms with Gasteiger partial charge in [-0.05, 0) is 25.3 Å². The third-order valence-corrected chi connectivity index (χ3v) is 2.45. The summed E-state index contributed by atoms with van der Waals surface area (Å²) in [6, 6.07) is 0.408. The highest BCUT2D eigenvalue weighted by molar-refractivity contribution is 4.64. The molecular weight excluding hydrogens is 231 g/mol. The molecule has 0 spiro atoms. The normalized spacial score (nSPS) is 14.3. The van der Waals surface area contributed by atoms with Crippen molar-refractivity contribution in [2.75, 3.05) is 19.8 Å². The third kappa shape index (κ3) is 12.0. The molecule has 0 saturated heterocycles. The molecule has 0 radical (unpaired) electrons. The van der Waals surface area contributed by atoms with Crippen LogP contribution in [0.4, 0.5) is 13.2 Å². The summed E-state index contributed by atoms with van der Waals surface area (Å²) in [5.41, 5.74) is 0. The maximum absolute atomic E-state index is 11.8. The van der Waals surface area contributed by atoms with E-state index in [0.29, 0.717) is 18.4 Å². The number of alkyl halides is 3. The van der Waals surface area contributed by atoms with Crippen molar-refractivity contribution in [3.05, 3.63) is 0 Å². The van der Waals surface area contributed by atoms with E-state index in [1.807, 2.05) is 0 Å². The Morgan fingerprint density at radius 2 is 1.82 bits per heavy atom. The first-order chi connectivity index (χ1) is 7.85. The first-order valence-corrected chi connectivity index (χ1v) is 6.23. The molecular formula is C12H24F3NO. The van der Waals surface area contributed by atoms with E-state index < -0.39 is 12.8 Å². The number of rotatable bonds is 9. The topological polar surface area (TPSA) is 21.3 Å². The minimum atomic E-state index is -4.21. The SMILES string of the molecule is CCCC(CCOCC(F)(F)F)CNC(C)C. The van der Waals surface area contributed by atoms with Crippen LogP contribution in [0.25, 0.3) is 0 Å². The lowest BCUT2D eigenvalue weighted by Crippen LogP contribution is -2.29. The van der Waals surface area contributed by atoms with Crippen molar-refractivity contribution >= 4 is 0 Å². The summed E-state index contributed by atoms with van der Waals surface area (Å²) in [5, 5.41) is 3.31. The molecule has 0 heterocycles. The zero-order valence-electron chi connectivity index (χ0n) is 10.9. The van der Waals surface area contributed by atoms with Crippen molar-refractivity contribution in [3.63, 3.8) is 0 Å². The molecule has 2 nitrogen and oxygen atoms in total. The van der Waals surface area contributed by atoms with Crippen molar-refractivity contribution < 1.29 is 17.9 Å². The maximum atomic E-state index is 11.8. The second kappa shape index (κ2) is 8.75. The summed E-state index contributed by atoms with van der Waals surface area (Å²) in [6.45, 7) is 6.10. The molecule has 0 aliphatic carbocycles. The highest BCUT2D eigenvalue weighted by atomic mass is 19.4.